The Morgan fingerprint density at radius 2 is 1.61 bits per heavy atom. The molecule has 1 N–H and O–H groups in total. The van der Waals surface area contributed by atoms with Gasteiger partial charge in [0.05, 0.1) is 32.1 Å². The second-order valence-corrected chi connectivity index (χ2v) is 10.4. The van der Waals surface area contributed by atoms with Gasteiger partial charge in [-0.3, -0.25) is 9.10 Å². The quantitative estimate of drug-likeness (QED) is 0.334. The van der Waals surface area contributed by atoms with E-state index in [1.165, 1.54) is 16.1 Å². The molecule has 0 heterocycles. The van der Waals surface area contributed by atoms with Gasteiger partial charge in [0.15, 0.2) is 0 Å². The highest BCUT2D eigenvalue weighted by Gasteiger charge is 2.18. The molecule has 0 bridgehead atoms. The molecule has 7 nitrogen and oxygen atoms in total. The van der Waals surface area contributed by atoms with Crippen molar-refractivity contribution in [3.8, 4) is 11.5 Å². The summed E-state index contributed by atoms with van der Waals surface area (Å²) in [6.45, 7) is 2.99. The van der Waals surface area contributed by atoms with Crippen molar-refractivity contribution in [3.63, 3.8) is 0 Å². The van der Waals surface area contributed by atoms with Gasteiger partial charge in [0.1, 0.15) is 18.1 Å². The van der Waals surface area contributed by atoms with E-state index in [4.69, 9.17) is 9.47 Å². The molecule has 192 valence electrons. The van der Waals surface area contributed by atoms with Gasteiger partial charge in [-0.2, -0.15) is 0 Å². The molecule has 0 saturated carbocycles. The minimum Gasteiger partial charge on any atom is -0.497 e. The predicted octanol–water partition coefficient (Wildman–Crippen LogP) is 4.81. The van der Waals surface area contributed by atoms with Crippen LogP contribution in [0.1, 0.15) is 41.3 Å². The maximum atomic E-state index is 12.5. The highest BCUT2D eigenvalue weighted by Crippen LogP contribution is 2.22. The van der Waals surface area contributed by atoms with Crippen molar-refractivity contribution in [2.75, 3.05) is 30.8 Å². The van der Waals surface area contributed by atoms with E-state index >= 15 is 0 Å². The maximum Gasteiger partial charge on any atom is 0.251 e. The van der Waals surface area contributed by atoms with Gasteiger partial charge < -0.3 is 14.8 Å². The first-order chi connectivity index (χ1) is 17.3. The number of hydrogen-bond acceptors (Lipinski definition) is 5. The minimum absolute atomic E-state index is 0.184. The molecule has 36 heavy (non-hydrogen) atoms. The molecular weight excluding hydrogens is 476 g/mol. The summed E-state index contributed by atoms with van der Waals surface area (Å²) < 4.78 is 37.2. The first kappa shape index (κ1) is 27.1. The highest BCUT2D eigenvalue weighted by atomic mass is 32.2. The standard InChI is InChI=1S/C28H34N2O5S/c1-4-5-7-22-12-16-25(17-13-22)30(36(3,32)33)21-23-10-14-24(15-11-23)28(31)29-18-19-35-27-9-6-8-26(20-27)34-2/h6,8-17,20H,4-5,7,18-19,21H2,1-3H3,(H,29,31). The number of sulfonamides is 1. The number of hydrogen-bond donors (Lipinski definition) is 1. The lowest BCUT2D eigenvalue weighted by molar-refractivity contribution is 0.0947. The Kier molecular flexibility index (Phi) is 9.76. The predicted molar refractivity (Wildman–Crippen MR) is 143 cm³/mol. The lowest BCUT2D eigenvalue weighted by atomic mass is 10.1. The molecule has 0 aliphatic carbocycles. The number of anilines is 1. The second kappa shape index (κ2) is 13.0. The number of carbonyl (C=O) groups excluding carboxylic acids is 1. The van der Waals surface area contributed by atoms with E-state index < -0.39 is 10.0 Å². The minimum atomic E-state index is -3.48. The van der Waals surface area contributed by atoms with Gasteiger partial charge in [-0.1, -0.05) is 43.7 Å². The molecule has 0 radical (unpaired) electrons. The average molecular weight is 511 g/mol. The number of carbonyl (C=O) groups is 1. The number of aryl methyl sites for hydroxylation is 1. The van der Waals surface area contributed by atoms with E-state index in [1.807, 2.05) is 42.5 Å². The lowest BCUT2D eigenvalue weighted by Crippen LogP contribution is -2.29. The van der Waals surface area contributed by atoms with Gasteiger partial charge in [-0.05, 0) is 60.4 Å². The van der Waals surface area contributed by atoms with Crippen LogP contribution in [0, 0.1) is 0 Å². The molecular formula is C28H34N2O5S. The smallest absolute Gasteiger partial charge is 0.251 e. The fraction of sp³-hybridized carbons (Fsp3) is 0.321. The van der Waals surface area contributed by atoms with Crippen LogP contribution < -0.4 is 19.1 Å². The van der Waals surface area contributed by atoms with Gasteiger partial charge in [0, 0.05) is 11.6 Å². The third kappa shape index (κ3) is 8.02. The van der Waals surface area contributed by atoms with E-state index in [0.29, 0.717) is 35.9 Å². The molecule has 3 rings (SSSR count). The van der Waals surface area contributed by atoms with Gasteiger partial charge >= 0.3 is 0 Å². The Bertz CT molecular complexity index is 1230. The maximum absolute atomic E-state index is 12.5. The summed E-state index contributed by atoms with van der Waals surface area (Å²) in [5, 5.41) is 2.83. The lowest BCUT2D eigenvalue weighted by Gasteiger charge is -2.23. The second-order valence-electron chi connectivity index (χ2n) is 8.52. The Morgan fingerprint density at radius 1 is 0.944 bits per heavy atom. The Morgan fingerprint density at radius 3 is 2.25 bits per heavy atom. The summed E-state index contributed by atoms with van der Waals surface area (Å²) in [6, 6.07) is 21.9. The number of unbranched alkanes of at least 4 members (excludes halogenated alkanes) is 1. The van der Waals surface area contributed by atoms with Crippen molar-refractivity contribution < 1.29 is 22.7 Å². The van der Waals surface area contributed by atoms with Crippen molar-refractivity contribution in [2.24, 2.45) is 0 Å². The Labute approximate surface area is 214 Å². The van der Waals surface area contributed by atoms with Gasteiger partial charge in [-0.25, -0.2) is 8.42 Å². The number of benzene rings is 3. The van der Waals surface area contributed by atoms with Crippen molar-refractivity contribution >= 4 is 21.6 Å². The zero-order valence-corrected chi connectivity index (χ0v) is 21.9. The zero-order valence-electron chi connectivity index (χ0n) is 21.1. The monoisotopic (exact) mass is 510 g/mol. The SMILES string of the molecule is CCCCc1ccc(N(Cc2ccc(C(=O)NCCOc3cccc(OC)c3)cc2)S(C)(=O)=O)cc1. The molecule has 0 unspecified atom stereocenters. The molecule has 3 aromatic carbocycles. The third-order valence-corrected chi connectivity index (χ3v) is 6.82. The summed E-state index contributed by atoms with van der Waals surface area (Å²) >= 11 is 0. The number of nitrogens with one attached hydrogen (secondary N) is 1. The molecule has 1 amide bonds. The average Bonchev–Trinajstić information content (AvgIpc) is 2.88. The number of amides is 1. The van der Waals surface area contributed by atoms with E-state index in [1.54, 1.807) is 37.4 Å². The van der Waals surface area contributed by atoms with Crippen LogP contribution in [-0.4, -0.2) is 40.8 Å². The Hall–Kier alpha value is -3.52. The summed E-state index contributed by atoms with van der Waals surface area (Å²) in [5.74, 6) is 1.15. The fourth-order valence-electron chi connectivity index (χ4n) is 3.66. The molecule has 0 spiro atoms. The van der Waals surface area contributed by atoms with E-state index in [0.717, 1.165) is 24.8 Å². The fourth-order valence-corrected chi connectivity index (χ4v) is 4.55. The van der Waals surface area contributed by atoms with Crippen molar-refractivity contribution in [1.82, 2.24) is 5.32 Å². The van der Waals surface area contributed by atoms with Crippen molar-refractivity contribution in [1.29, 1.82) is 0 Å². The van der Waals surface area contributed by atoms with Crippen LogP contribution in [0.5, 0.6) is 11.5 Å². The first-order valence-corrected chi connectivity index (χ1v) is 13.9. The van der Waals surface area contributed by atoms with Gasteiger partial charge in [-0.15, -0.1) is 0 Å². The third-order valence-electron chi connectivity index (χ3n) is 5.68. The van der Waals surface area contributed by atoms with Crippen LogP contribution in [0.3, 0.4) is 0 Å². The number of ether oxygens (including phenoxy) is 2. The number of nitrogens with zero attached hydrogens (tertiary/aromatic N) is 1. The molecule has 3 aromatic rings. The van der Waals surface area contributed by atoms with Crippen molar-refractivity contribution in [2.45, 2.75) is 32.7 Å². The van der Waals surface area contributed by atoms with E-state index in [9.17, 15) is 13.2 Å². The van der Waals surface area contributed by atoms with E-state index in [2.05, 4.69) is 12.2 Å². The largest absolute Gasteiger partial charge is 0.497 e. The molecule has 0 atom stereocenters. The van der Waals surface area contributed by atoms with Crippen molar-refractivity contribution in [3.05, 3.63) is 89.5 Å². The van der Waals surface area contributed by atoms with Crippen LogP contribution >= 0.6 is 0 Å². The number of rotatable bonds is 13. The van der Waals surface area contributed by atoms with Crippen LogP contribution in [0.4, 0.5) is 5.69 Å². The first-order valence-electron chi connectivity index (χ1n) is 12.0. The summed E-state index contributed by atoms with van der Waals surface area (Å²) in [5.41, 5.74) is 3.09. The normalized spacial score (nSPS) is 11.1. The zero-order chi connectivity index (χ0) is 26.0. The number of methoxy groups -OCH3 is 1. The van der Waals surface area contributed by atoms with Gasteiger partial charge in [0.25, 0.3) is 5.91 Å². The molecule has 8 heteroatoms. The van der Waals surface area contributed by atoms with Crippen LogP contribution in [-0.2, 0) is 23.0 Å². The molecule has 0 fully saturated rings. The topological polar surface area (TPSA) is 84.9 Å². The van der Waals surface area contributed by atoms with Gasteiger partial charge in [0.2, 0.25) is 10.0 Å². The summed E-state index contributed by atoms with van der Waals surface area (Å²) in [7, 11) is -1.89. The highest BCUT2D eigenvalue weighted by molar-refractivity contribution is 7.92. The van der Waals surface area contributed by atoms with Crippen LogP contribution in [0.15, 0.2) is 72.8 Å². The summed E-state index contributed by atoms with van der Waals surface area (Å²) in [6.07, 6.45) is 4.40. The summed E-state index contributed by atoms with van der Waals surface area (Å²) in [4.78, 5) is 12.5. The molecule has 0 aliphatic heterocycles. The van der Waals surface area contributed by atoms with Crippen LogP contribution in [0.2, 0.25) is 0 Å². The Balaban J connectivity index is 1.56. The van der Waals surface area contributed by atoms with E-state index in [-0.39, 0.29) is 12.5 Å². The molecule has 0 saturated heterocycles. The van der Waals surface area contributed by atoms with Crippen LogP contribution in [0.25, 0.3) is 0 Å². The molecule has 0 aromatic heterocycles. The molecule has 0 aliphatic rings.